The molecule has 4 N–H and O–H groups in total. The number of anilines is 1. The SMILES string of the molecule is CCS(=O)(=O)Nc1cc(OC)ccc1S(=O)(=O)NCCC(C)N. The molecule has 0 saturated carbocycles. The number of methoxy groups -OCH3 is 1. The lowest BCUT2D eigenvalue weighted by atomic mass is 10.3. The minimum atomic E-state index is -3.88. The zero-order valence-electron chi connectivity index (χ0n) is 13.4. The van der Waals surface area contributed by atoms with E-state index in [2.05, 4.69) is 9.44 Å². The lowest BCUT2D eigenvalue weighted by Crippen LogP contribution is -2.30. The van der Waals surface area contributed by atoms with Crippen LogP contribution in [0.15, 0.2) is 23.1 Å². The topological polar surface area (TPSA) is 128 Å². The molecule has 0 heterocycles. The number of hydrogen-bond donors (Lipinski definition) is 3. The van der Waals surface area contributed by atoms with Crippen molar-refractivity contribution in [3.8, 4) is 5.75 Å². The van der Waals surface area contributed by atoms with Gasteiger partial charge in [0.05, 0.1) is 18.6 Å². The molecule has 0 spiro atoms. The minimum absolute atomic E-state index is 0.0560. The van der Waals surface area contributed by atoms with Crippen molar-refractivity contribution >= 4 is 25.7 Å². The van der Waals surface area contributed by atoms with Crippen LogP contribution in [0.4, 0.5) is 5.69 Å². The Labute approximate surface area is 137 Å². The van der Waals surface area contributed by atoms with E-state index in [4.69, 9.17) is 10.5 Å². The molecule has 1 aromatic carbocycles. The van der Waals surface area contributed by atoms with Gasteiger partial charge in [0, 0.05) is 18.7 Å². The maximum Gasteiger partial charge on any atom is 0.242 e. The highest BCUT2D eigenvalue weighted by molar-refractivity contribution is 7.93. The number of benzene rings is 1. The largest absolute Gasteiger partial charge is 0.497 e. The predicted molar refractivity (Wildman–Crippen MR) is 89.5 cm³/mol. The molecule has 0 aliphatic carbocycles. The van der Waals surface area contributed by atoms with E-state index in [1.54, 1.807) is 6.92 Å². The molecular formula is C13H23N3O5S2. The van der Waals surface area contributed by atoms with Gasteiger partial charge in [-0.05, 0) is 32.4 Å². The zero-order chi connectivity index (χ0) is 17.7. The normalized spacial score (nSPS) is 13.6. The third-order valence-corrected chi connectivity index (χ3v) is 5.82. The van der Waals surface area contributed by atoms with E-state index < -0.39 is 20.0 Å². The summed E-state index contributed by atoms with van der Waals surface area (Å²) in [6, 6.07) is 3.92. The average molecular weight is 365 g/mol. The van der Waals surface area contributed by atoms with Gasteiger partial charge in [-0.1, -0.05) is 0 Å². The number of hydrogen-bond acceptors (Lipinski definition) is 6. The molecule has 8 nitrogen and oxygen atoms in total. The molecule has 0 aromatic heterocycles. The summed E-state index contributed by atoms with van der Waals surface area (Å²) in [5.74, 6) is 0.162. The lowest BCUT2D eigenvalue weighted by Gasteiger charge is -2.14. The average Bonchev–Trinajstić information content (AvgIpc) is 2.45. The van der Waals surface area contributed by atoms with Crippen molar-refractivity contribution in [3.05, 3.63) is 18.2 Å². The van der Waals surface area contributed by atoms with E-state index in [1.165, 1.54) is 32.2 Å². The number of nitrogens with two attached hydrogens (primary N) is 1. The molecule has 0 bridgehead atoms. The zero-order valence-corrected chi connectivity index (χ0v) is 15.0. The molecule has 10 heteroatoms. The van der Waals surface area contributed by atoms with Crippen LogP contribution in [0.2, 0.25) is 0 Å². The first-order chi connectivity index (χ1) is 10.6. The predicted octanol–water partition coefficient (Wildman–Crippen LogP) is 0.472. The highest BCUT2D eigenvalue weighted by atomic mass is 32.2. The van der Waals surface area contributed by atoms with Crippen LogP contribution < -0.4 is 19.9 Å². The van der Waals surface area contributed by atoms with Gasteiger partial charge in [0.15, 0.2) is 0 Å². The van der Waals surface area contributed by atoms with Gasteiger partial charge in [0.2, 0.25) is 20.0 Å². The van der Waals surface area contributed by atoms with Gasteiger partial charge in [-0.25, -0.2) is 21.6 Å². The molecule has 0 fully saturated rings. The van der Waals surface area contributed by atoms with Crippen LogP contribution in [-0.4, -0.2) is 42.3 Å². The second-order valence-electron chi connectivity index (χ2n) is 5.03. The van der Waals surface area contributed by atoms with E-state index in [9.17, 15) is 16.8 Å². The number of rotatable bonds is 9. The van der Waals surface area contributed by atoms with Crippen molar-refractivity contribution in [3.63, 3.8) is 0 Å². The Kier molecular flexibility index (Phi) is 6.81. The van der Waals surface area contributed by atoms with Crippen LogP contribution in [-0.2, 0) is 20.0 Å². The molecule has 1 unspecified atom stereocenters. The fourth-order valence-electron chi connectivity index (χ4n) is 1.69. The molecular weight excluding hydrogens is 342 g/mol. The summed E-state index contributed by atoms with van der Waals surface area (Å²) in [5.41, 5.74) is 5.53. The van der Waals surface area contributed by atoms with Crippen molar-refractivity contribution in [1.82, 2.24) is 4.72 Å². The van der Waals surface area contributed by atoms with Crippen LogP contribution in [0, 0.1) is 0 Å². The van der Waals surface area contributed by atoms with Crippen LogP contribution in [0.25, 0.3) is 0 Å². The van der Waals surface area contributed by atoms with Crippen LogP contribution >= 0.6 is 0 Å². The van der Waals surface area contributed by atoms with Gasteiger partial charge in [0.25, 0.3) is 0 Å². The highest BCUT2D eigenvalue weighted by Gasteiger charge is 2.21. The van der Waals surface area contributed by atoms with Crippen LogP contribution in [0.3, 0.4) is 0 Å². The van der Waals surface area contributed by atoms with Gasteiger partial charge in [-0.3, -0.25) is 4.72 Å². The molecule has 0 aliphatic heterocycles. The fraction of sp³-hybridized carbons (Fsp3) is 0.538. The monoisotopic (exact) mass is 365 g/mol. The Balaban J connectivity index is 3.18. The molecule has 23 heavy (non-hydrogen) atoms. The molecule has 132 valence electrons. The first-order valence-electron chi connectivity index (χ1n) is 7.05. The van der Waals surface area contributed by atoms with Crippen molar-refractivity contribution in [2.75, 3.05) is 24.1 Å². The second-order valence-corrected chi connectivity index (χ2v) is 8.78. The lowest BCUT2D eigenvalue weighted by molar-refractivity contribution is 0.414. The van der Waals surface area contributed by atoms with Gasteiger partial charge in [-0.2, -0.15) is 0 Å². The standard InChI is InChI=1S/C13H23N3O5S2/c1-4-22(17,18)16-12-9-11(21-3)5-6-13(12)23(19,20)15-8-7-10(2)14/h5-6,9-10,15-16H,4,7-8,14H2,1-3H3. The molecule has 0 saturated heterocycles. The summed E-state index contributed by atoms with van der Waals surface area (Å²) in [7, 11) is -6.11. The van der Waals surface area contributed by atoms with Crippen LogP contribution in [0.1, 0.15) is 20.3 Å². The first-order valence-corrected chi connectivity index (χ1v) is 10.2. The quantitative estimate of drug-likeness (QED) is 0.584. The minimum Gasteiger partial charge on any atom is -0.497 e. The summed E-state index contributed by atoms with van der Waals surface area (Å²) in [6.45, 7) is 3.38. The van der Waals surface area contributed by atoms with E-state index in [0.717, 1.165) is 0 Å². The van der Waals surface area contributed by atoms with Crippen molar-refractivity contribution in [2.24, 2.45) is 5.73 Å². The van der Waals surface area contributed by atoms with E-state index in [1.807, 2.05) is 0 Å². The molecule has 1 rings (SSSR count). The number of sulfonamides is 2. The summed E-state index contributed by atoms with van der Waals surface area (Å²) in [4.78, 5) is -0.167. The van der Waals surface area contributed by atoms with Gasteiger partial charge in [-0.15, -0.1) is 0 Å². The second kappa shape index (κ2) is 7.95. The van der Waals surface area contributed by atoms with E-state index in [0.29, 0.717) is 12.2 Å². The third-order valence-electron chi connectivity index (χ3n) is 3.01. The Bertz CT molecular complexity index is 730. The maximum atomic E-state index is 12.4. The highest BCUT2D eigenvalue weighted by Crippen LogP contribution is 2.27. The molecule has 0 radical (unpaired) electrons. The Morgan fingerprint density at radius 1 is 1.26 bits per heavy atom. The Morgan fingerprint density at radius 3 is 2.43 bits per heavy atom. The molecule has 1 aromatic rings. The fourth-order valence-corrected chi connectivity index (χ4v) is 3.59. The smallest absolute Gasteiger partial charge is 0.242 e. The number of ether oxygens (including phenoxy) is 1. The summed E-state index contributed by atoms with van der Waals surface area (Å²) in [6.07, 6.45) is 0.464. The third kappa shape index (κ3) is 5.98. The molecule has 0 amide bonds. The van der Waals surface area contributed by atoms with Gasteiger partial charge < -0.3 is 10.5 Å². The van der Waals surface area contributed by atoms with Crippen molar-refractivity contribution in [2.45, 2.75) is 31.2 Å². The molecule has 1 atom stereocenters. The van der Waals surface area contributed by atoms with E-state index >= 15 is 0 Å². The Morgan fingerprint density at radius 2 is 1.91 bits per heavy atom. The number of nitrogens with one attached hydrogen (secondary N) is 2. The van der Waals surface area contributed by atoms with Crippen molar-refractivity contribution in [1.29, 1.82) is 0 Å². The summed E-state index contributed by atoms with van der Waals surface area (Å²) < 4.78 is 58.0. The van der Waals surface area contributed by atoms with E-state index in [-0.39, 0.29) is 28.9 Å². The summed E-state index contributed by atoms with van der Waals surface area (Å²) in [5, 5.41) is 0. The van der Waals surface area contributed by atoms with Gasteiger partial charge >= 0.3 is 0 Å². The van der Waals surface area contributed by atoms with Crippen molar-refractivity contribution < 1.29 is 21.6 Å². The summed E-state index contributed by atoms with van der Waals surface area (Å²) >= 11 is 0. The van der Waals surface area contributed by atoms with Gasteiger partial charge in [0.1, 0.15) is 10.6 Å². The molecule has 0 aliphatic rings. The van der Waals surface area contributed by atoms with Crippen LogP contribution in [0.5, 0.6) is 5.75 Å². The maximum absolute atomic E-state index is 12.4. The Hall–Kier alpha value is -1.36. The first kappa shape index (κ1) is 19.7.